The van der Waals surface area contributed by atoms with E-state index in [4.69, 9.17) is 5.73 Å². The minimum atomic E-state index is -0.513. The van der Waals surface area contributed by atoms with Gasteiger partial charge in [0.2, 0.25) is 11.8 Å². The monoisotopic (exact) mass is 432 g/mol. The third-order valence-electron chi connectivity index (χ3n) is 4.99. The van der Waals surface area contributed by atoms with Gasteiger partial charge in [-0.2, -0.15) is 0 Å². The van der Waals surface area contributed by atoms with E-state index in [1.807, 2.05) is 54.0 Å². The number of nitrogens with two attached hydrogens (primary N) is 1. The van der Waals surface area contributed by atoms with Gasteiger partial charge in [-0.1, -0.05) is 30.3 Å². The molecule has 8 heteroatoms. The Balaban J connectivity index is 0.00000364. The molecule has 0 bridgehead atoms. The first-order chi connectivity index (χ1) is 12.5. The molecule has 1 aliphatic heterocycles. The molecule has 0 aromatic heterocycles. The van der Waals surface area contributed by atoms with E-state index in [0.29, 0.717) is 26.1 Å². The van der Waals surface area contributed by atoms with Crippen molar-refractivity contribution in [2.24, 2.45) is 5.73 Å². The van der Waals surface area contributed by atoms with E-state index >= 15 is 0 Å². The molecule has 6 nitrogen and oxygen atoms in total. The summed E-state index contributed by atoms with van der Waals surface area (Å²) in [5, 5.41) is 0. The van der Waals surface area contributed by atoms with E-state index in [1.54, 1.807) is 0 Å². The van der Waals surface area contributed by atoms with Crippen molar-refractivity contribution in [3.8, 4) is 0 Å². The Labute approximate surface area is 181 Å². The maximum atomic E-state index is 12.7. The predicted octanol–water partition coefficient (Wildman–Crippen LogP) is 1.80. The van der Waals surface area contributed by atoms with Crippen LogP contribution in [-0.4, -0.2) is 78.4 Å². The van der Waals surface area contributed by atoms with Crippen LogP contribution in [0.2, 0.25) is 0 Å². The summed E-state index contributed by atoms with van der Waals surface area (Å²) < 4.78 is 0. The number of amides is 2. The highest BCUT2D eigenvalue weighted by molar-refractivity contribution is 5.85. The van der Waals surface area contributed by atoms with Crippen LogP contribution >= 0.6 is 24.8 Å². The van der Waals surface area contributed by atoms with Crippen LogP contribution in [0.15, 0.2) is 30.3 Å². The molecular formula is C20H34Cl2N4O2. The standard InChI is InChI=1S/C20H32N4O2.2ClH/c1-3-23(4-2)19(25)16-22-11-8-12-24(14-13-22)20(26)18(21)15-17-9-6-5-7-10-17;;/h5-7,9-10,18H,3-4,8,11-16,21H2,1-2H3;2*1H. The molecule has 2 N–H and O–H groups in total. The fourth-order valence-electron chi connectivity index (χ4n) is 3.41. The number of likely N-dealkylation sites (N-methyl/N-ethyl adjacent to an activating group) is 1. The first kappa shape index (κ1) is 26.7. The van der Waals surface area contributed by atoms with Crippen LogP contribution in [0, 0.1) is 0 Å². The number of rotatable bonds is 7. The van der Waals surface area contributed by atoms with Crippen molar-refractivity contribution in [1.29, 1.82) is 0 Å². The van der Waals surface area contributed by atoms with Gasteiger partial charge in [-0.05, 0) is 32.3 Å². The first-order valence-electron chi connectivity index (χ1n) is 9.63. The van der Waals surface area contributed by atoms with E-state index in [9.17, 15) is 9.59 Å². The number of nitrogens with zero attached hydrogens (tertiary/aromatic N) is 3. The minimum absolute atomic E-state index is 0. The Morgan fingerprint density at radius 3 is 2.29 bits per heavy atom. The van der Waals surface area contributed by atoms with Crippen molar-refractivity contribution in [3.63, 3.8) is 0 Å². The SMILES string of the molecule is CCN(CC)C(=O)CN1CCCN(C(=O)C(N)Cc2ccccc2)CC1.Cl.Cl. The molecule has 0 saturated carbocycles. The number of carbonyl (C=O) groups excluding carboxylic acids is 2. The summed E-state index contributed by atoms with van der Waals surface area (Å²) in [7, 11) is 0. The van der Waals surface area contributed by atoms with Crippen LogP contribution < -0.4 is 5.73 Å². The zero-order valence-electron chi connectivity index (χ0n) is 16.9. The maximum absolute atomic E-state index is 12.7. The van der Waals surface area contributed by atoms with Crippen molar-refractivity contribution in [3.05, 3.63) is 35.9 Å². The number of benzene rings is 1. The lowest BCUT2D eigenvalue weighted by molar-refractivity contribution is -0.132. The molecule has 1 heterocycles. The van der Waals surface area contributed by atoms with Crippen LogP contribution in [-0.2, 0) is 16.0 Å². The number of carbonyl (C=O) groups is 2. The van der Waals surface area contributed by atoms with Crippen molar-refractivity contribution in [2.45, 2.75) is 32.7 Å². The molecule has 1 aliphatic rings. The lowest BCUT2D eigenvalue weighted by Gasteiger charge is -2.26. The Morgan fingerprint density at radius 2 is 1.68 bits per heavy atom. The summed E-state index contributed by atoms with van der Waals surface area (Å²) in [6.07, 6.45) is 1.43. The first-order valence-corrected chi connectivity index (χ1v) is 9.63. The van der Waals surface area contributed by atoms with Gasteiger partial charge in [-0.15, -0.1) is 24.8 Å². The Hall–Kier alpha value is -1.34. The Bertz CT molecular complexity index is 585. The largest absolute Gasteiger partial charge is 0.342 e. The molecule has 1 atom stereocenters. The molecule has 1 aromatic rings. The van der Waals surface area contributed by atoms with Gasteiger partial charge in [0.1, 0.15) is 0 Å². The van der Waals surface area contributed by atoms with Crippen molar-refractivity contribution in [1.82, 2.24) is 14.7 Å². The van der Waals surface area contributed by atoms with E-state index in [1.165, 1.54) is 0 Å². The summed E-state index contributed by atoms with van der Waals surface area (Å²) in [4.78, 5) is 30.8. The molecule has 28 heavy (non-hydrogen) atoms. The average Bonchev–Trinajstić information content (AvgIpc) is 2.88. The van der Waals surface area contributed by atoms with Gasteiger partial charge >= 0.3 is 0 Å². The molecule has 1 unspecified atom stereocenters. The van der Waals surface area contributed by atoms with E-state index in [-0.39, 0.29) is 36.6 Å². The molecule has 160 valence electrons. The van der Waals surface area contributed by atoms with Crippen molar-refractivity contribution in [2.75, 3.05) is 45.8 Å². The number of halogens is 2. The molecule has 0 spiro atoms. The average molecular weight is 433 g/mol. The van der Waals surface area contributed by atoms with Crippen LogP contribution in [0.5, 0.6) is 0 Å². The zero-order chi connectivity index (χ0) is 18.9. The summed E-state index contributed by atoms with van der Waals surface area (Å²) in [6.45, 7) is 8.80. The van der Waals surface area contributed by atoms with Crippen LogP contribution in [0.25, 0.3) is 0 Å². The van der Waals surface area contributed by atoms with Crippen LogP contribution in [0.3, 0.4) is 0 Å². The molecule has 2 rings (SSSR count). The smallest absolute Gasteiger partial charge is 0.239 e. The van der Waals surface area contributed by atoms with E-state index in [0.717, 1.165) is 38.2 Å². The topological polar surface area (TPSA) is 69.9 Å². The third kappa shape index (κ3) is 7.95. The van der Waals surface area contributed by atoms with Crippen LogP contribution in [0.4, 0.5) is 0 Å². The second kappa shape index (κ2) is 13.8. The number of hydrogen-bond acceptors (Lipinski definition) is 4. The number of hydrogen-bond donors (Lipinski definition) is 1. The molecular weight excluding hydrogens is 399 g/mol. The van der Waals surface area contributed by atoms with Gasteiger partial charge in [0.25, 0.3) is 0 Å². The van der Waals surface area contributed by atoms with Crippen molar-refractivity contribution < 1.29 is 9.59 Å². The lowest BCUT2D eigenvalue weighted by atomic mass is 10.1. The highest BCUT2D eigenvalue weighted by atomic mass is 35.5. The third-order valence-corrected chi connectivity index (χ3v) is 4.99. The molecule has 1 saturated heterocycles. The molecule has 2 amide bonds. The predicted molar refractivity (Wildman–Crippen MR) is 118 cm³/mol. The lowest BCUT2D eigenvalue weighted by Crippen LogP contribution is -2.46. The summed E-state index contributed by atoms with van der Waals surface area (Å²) in [5.74, 6) is 0.168. The van der Waals surface area contributed by atoms with Gasteiger partial charge in [-0.25, -0.2) is 0 Å². The second-order valence-corrected chi connectivity index (χ2v) is 6.82. The fourth-order valence-corrected chi connectivity index (χ4v) is 3.41. The highest BCUT2D eigenvalue weighted by Gasteiger charge is 2.25. The normalized spacial score (nSPS) is 15.6. The highest BCUT2D eigenvalue weighted by Crippen LogP contribution is 2.08. The molecule has 0 aliphatic carbocycles. The summed E-state index contributed by atoms with van der Waals surface area (Å²) >= 11 is 0. The molecule has 0 radical (unpaired) electrons. The van der Waals surface area contributed by atoms with E-state index < -0.39 is 6.04 Å². The fraction of sp³-hybridized carbons (Fsp3) is 0.600. The summed E-state index contributed by atoms with van der Waals surface area (Å²) in [5.41, 5.74) is 7.24. The molecule has 1 aromatic carbocycles. The van der Waals surface area contributed by atoms with E-state index in [2.05, 4.69) is 4.90 Å². The van der Waals surface area contributed by atoms with Crippen molar-refractivity contribution >= 4 is 36.6 Å². The van der Waals surface area contributed by atoms with Gasteiger partial charge in [0.15, 0.2) is 0 Å². The maximum Gasteiger partial charge on any atom is 0.239 e. The Kier molecular flexibility index (Phi) is 13.1. The summed E-state index contributed by atoms with van der Waals surface area (Å²) in [6, 6.07) is 9.36. The van der Waals surface area contributed by atoms with Crippen LogP contribution in [0.1, 0.15) is 25.8 Å². The van der Waals surface area contributed by atoms with Gasteiger partial charge in [0, 0.05) is 39.3 Å². The second-order valence-electron chi connectivity index (χ2n) is 6.82. The van der Waals surface area contributed by atoms with Gasteiger partial charge in [0.05, 0.1) is 12.6 Å². The van der Waals surface area contributed by atoms with Gasteiger partial charge in [-0.3, -0.25) is 14.5 Å². The Morgan fingerprint density at radius 1 is 1.04 bits per heavy atom. The van der Waals surface area contributed by atoms with Gasteiger partial charge < -0.3 is 15.5 Å². The molecule has 1 fully saturated rings. The minimum Gasteiger partial charge on any atom is -0.342 e. The zero-order valence-corrected chi connectivity index (χ0v) is 18.5. The quantitative estimate of drug-likeness (QED) is 0.712.